The first kappa shape index (κ1) is 35.7. The molecule has 0 aromatic heterocycles. The van der Waals surface area contributed by atoms with E-state index in [0.717, 1.165) is 6.42 Å². The lowest BCUT2D eigenvalue weighted by Gasteiger charge is -2.40. The van der Waals surface area contributed by atoms with Crippen LogP contribution in [-0.2, 0) is 28.7 Å². The highest BCUT2D eigenvalue weighted by molar-refractivity contribution is 6.01. The topological polar surface area (TPSA) is 227 Å². The Morgan fingerprint density at radius 1 is 0.744 bits per heavy atom. The molecular weight excluding hydrogens is 572 g/mol. The molecule has 43 heavy (non-hydrogen) atoms. The van der Waals surface area contributed by atoms with E-state index >= 15 is 0 Å². The predicted molar refractivity (Wildman–Crippen MR) is 147 cm³/mol. The number of aliphatic hydroxyl groups excluding tert-OH is 7. The van der Waals surface area contributed by atoms with Crippen molar-refractivity contribution in [2.45, 2.75) is 132 Å². The zero-order valence-corrected chi connectivity index (χ0v) is 24.6. The maximum atomic E-state index is 12.1. The average molecular weight is 621 g/mol. The molecule has 10 atom stereocenters. The molecular formula is C28H48N2O13. The lowest BCUT2D eigenvalue weighted by atomic mass is 9.92. The Labute approximate surface area is 250 Å². The van der Waals surface area contributed by atoms with Gasteiger partial charge < -0.3 is 55.0 Å². The maximum Gasteiger partial charge on any atom is 0.333 e. The van der Waals surface area contributed by atoms with Gasteiger partial charge in [0.1, 0.15) is 42.7 Å². The summed E-state index contributed by atoms with van der Waals surface area (Å²) in [7, 11) is 0. The van der Waals surface area contributed by atoms with Crippen LogP contribution in [0.25, 0.3) is 0 Å². The molecule has 0 radical (unpaired) electrons. The molecule has 0 aliphatic carbocycles. The number of nitrogens with zero attached hydrogens (tertiary/aromatic N) is 2. The molecule has 0 spiro atoms. The quantitative estimate of drug-likeness (QED) is 0.0713. The average Bonchev–Trinajstić information content (AvgIpc) is 3.30. The normalized spacial score (nSPS) is 35.1. The monoisotopic (exact) mass is 620 g/mol. The van der Waals surface area contributed by atoms with Crippen molar-refractivity contribution in [2.75, 3.05) is 26.2 Å². The molecule has 3 aliphatic rings. The Morgan fingerprint density at radius 3 is 1.84 bits per heavy atom. The van der Waals surface area contributed by atoms with Crippen LogP contribution in [0.2, 0.25) is 0 Å². The van der Waals surface area contributed by atoms with Gasteiger partial charge in [-0.1, -0.05) is 6.42 Å². The molecule has 248 valence electrons. The van der Waals surface area contributed by atoms with E-state index in [0.29, 0.717) is 63.2 Å². The van der Waals surface area contributed by atoms with E-state index in [-0.39, 0.29) is 19.3 Å². The second kappa shape index (κ2) is 17.1. The second-order valence-corrected chi connectivity index (χ2v) is 11.7. The molecule has 3 rings (SSSR count). The Balaban J connectivity index is 1.45. The summed E-state index contributed by atoms with van der Waals surface area (Å²) in [6, 6.07) is 0. The number of carbonyl (C=O) groups is 3. The molecule has 15 nitrogen and oxygen atoms in total. The summed E-state index contributed by atoms with van der Waals surface area (Å²) in [5, 5.41) is 70.7. The van der Waals surface area contributed by atoms with E-state index in [2.05, 4.69) is 4.90 Å². The molecule has 0 aromatic carbocycles. The zero-order chi connectivity index (χ0) is 31.7. The number of hydroxylamine groups is 2. The summed E-state index contributed by atoms with van der Waals surface area (Å²) in [6.45, 7) is 2.98. The molecule has 0 aromatic rings. The molecule has 0 unspecified atom stereocenters. The van der Waals surface area contributed by atoms with Crippen molar-refractivity contribution in [1.82, 2.24) is 9.96 Å². The summed E-state index contributed by atoms with van der Waals surface area (Å²) in [4.78, 5) is 42.3. The number of carbonyl (C=O) groups excluding carboxylic acids is 3. The van der Waals surface area contributed by atoms with Gasteiger partial charge in [-0.3, -0.25) is 9.59 Å². The van der Waals surface area contributed by atoms with Crippen molar-refractivity contribution >= 4 is 17.8 Å². The van der Waals surface area contributed by atoms with E-state index in [9.17, 15) is 50.1 Å². The van der Waals surface area contributed by atoms with Crippen LogP contribution in [0.3, 0.4) is 0 Å². The van der Waals surface area contributed by atoms with Crippen LogP contribution in [0.1, 0.15) is 71.1 Å². The SMILES string of the molecule is C[C@@H]1O[C@@H](CCCN(CCCCCC(=O)ON2C(=O)CCC2=O)CCC[C@H]2O[C@H](CO)[C@@H](O)[C@H](O)[C@@H]2O)[C@@H](O)[C@H](O)[C@@H]1O. The molecule has 3 saturated heterocycles. The van der Waals surface area contributed by atoms with Crippen LogP contribution in [-0.4, -0.2) is 151 Å². The van der Waals surface area contributed by atoms with Crippen LogP contribution in [0, 0.1) is 0 Å². The number of hydrogen-bond acceptors (Lipinski definition) is 14. The van der Waals surface area contributed by atoms with Gasteiger partial charge in [-0.05, 0) is 65.1 Å². The van der Waals surface area contributed by atoms with Gasteiger partial charge in [-0.15, -0.1) is 5.06 Å². The van der Waals surface area contributed by atoms with Crippen molar-refractivity contribution < 1.29 is 64.4 Å². The lowest BCUT2D eigenvalue weighted by Crippen LogP contribution is -2.58. The maximum absolute atomic E-state index is 12.1. The standard InChI is InChI=1S/C28H48N2O13/c1-16-23(35)27(39)24(36)17(41-16)7-5-13-29(14-6-8-18-25(37)28(40)26(38)19(15-31)42-18)12-4-2-3-9-22(34)43-30-20(32)10-11-21(30)33/h16-19,23-28,31,35-40H,2-15H2,1H3/t16-,17-,18+,19+,23+,24+,25+,26+,27+,28+/m0/s1. The molecule has 3 fully saturated rings. The predicted octanol–water partition coefficient (Wildman–Crippen LogP) is -2.27. The van der Waals surface area contributed by atoms with E-state index in [1.165, 1.54) is 0 Å². The molecule has 7 N–H and O–H groups in total. The van der Waals surface area contributed by atoms with Gasteiger partial charge in [0.15, 0.2) is 0 Å². The number of ether oxygens (including phenoxy) is 2. The molecule has 3 aliphatic heterocycles. The van der Waals surface area contributed by atoms with E-state index in [1.807, 2.05) is 0 Å². The minimum absolute atomic E-state index is 0.0335. The Morgan fingerprint density at radius 2 is 1.26 bits per heavy atom. The summed E-state index contributed by atoms with van der Waals surface area (Å²) < 4.78 is 11.3. The largest absolute Gasteiger partial charge is 0.394 e. The van der Waals surface area contributed by atoms with Crippen molar-refractivity contribution in [3.05, 3.63) is 0 Å². The van der Waals surface area contributed by atoms with E-state index in [4.69, 9.17) is 14.3 Å². The van der Waals surface area contributed by atoms with Gasteiger partial charge >= 0.3 is 5.97 Å². The molecule has 15 heteroatoms. The number of hydrogen-bond donors (Lipinski definition) is 7. The third-order valence-corrected chi connectivity index (χ3v) is 8.42. The van der Waals surface area contributed by atoms with Crippen LogP contribution in [0.15, 0.2) is 0 Å². The van der Waals surface area contributed by atoms with Crippen molar-refractivity contribution in [2.24, 2.45) is 0 Å². The highest BCUT2D eigenvalue weighted by Gasteiger charge is 2.43. The smallest absolute Gasteiger partial charge is 0.333 e. The van der Waals surface area contributed by atoms with Gasteiger partial charge in [0.2, 0.25) is 0 Å². The number of rotatable bonds is 16. The summed E-state index contributed by atoms with van der Waals surface area (Å²) in [5.74, 6) is -1.69. The first-order valence-electron chi connectivity index (χ1n) is 15.2. The van der Waals surface area contributed by atoms with Crippen LogP contribution >= 0.6 is 0 Å². The Kier molecular flexibility index (Phi) is 14.2. The summed E-state index contributed by atoms with van der Waals surface area (Å²) in [6.07, 6.45) is -6.81. The van der Waals surface area contributed by atoms with Crippen LogP contribution < -0.4 is 0 Å². The van der Waals surface area contributed by atoms with Crippen LogP contribution in [0.5, 0.6) is 0 Å². The highest BCUT2D eigenvalue weighted by atomic mass is 16.7. The van der Waals surface area contributed by atoms with Crippen molar-refractivity contribution in [1.29, 1.82) is 0 Å². The first-order chi connectivity index (χ1) is 20.4. The minimum atomic E-state index is -1.43. The number of unbranched alkanes of at least 4 members (excludes halogenated alkanes) is 2. The van der Waals surface area contributed by atoms with Gasteiger partial charge in [-0.2, -0.15) is 0 Å². The van der Waals surface area contributed by atoms with E-state index in [1.54, 1.807) is 6.92 Å². The molecule has 0 bridgehead atoms. The summed E-state index contributed by atoms with van der Waals surface area (Å²) in [5.41, 5.74) is 0. The van der Waals surface area contributed by atoms with Gasteiger partial charge in [0, 0.05) is 19.3 Å². The fraction of sp³-hybridized carbons (Fsp3) is 0.893. The first-order valence-corrected chi connectivity index (χ1v) is 15.2. The molecule has 0 saturated carbocycles. The number of aliphatic hydroxyl groups is 7. The zero-order valence-electron chi connectivity index (χ0n) is 24.6. The number of amides is 2. The lowest BCUT2D eigenvalue weighted by molar-refractivity contribution is -0.230. The Hall–Kier alpha value is -1.79. The van der Waals surface area contributed by atoms with Crippen molar-refractivity contribution in [3.8, 4) is 0 Å². The molecule has 2 amide bonds. The van der Waals surface area contributed by atoms with Crippen LogP contribution in [0.4, 0.5) is 0 Å². The third kappa shape index (κ3) is 9.85. The third-order valence-electron chi connectivity index (χ3n) is 8.42. The highest BCUT2D eigenvalue weighted by Crippen LogP contribution is 2.26. The van der Waals surface area contributed by atoms with Crippen molar-refractivity contribution in [3.63, 3.8) is 0 Å². The molecule has 3 heterocycles. The summed E-state index contributed by atoms with van der Waals surface area (Å²) >= 11 is 0. The minimum Gasteiger partial charge on any atom is -0.394 e. The van der Waals surface area contributed by atoms with Gasteiger partial charge in [0.05, 0.1) is 24.9 Å². The Bertz CT molecular complexity index is 892. The fourth-order valence-corrected chi connectivity index (χ4v) is 5.75. The van der Waals surface area contributed by atoms with Gasteiger partial charge in [-0.25, -0.2) is 4.79 Å². The number of imide groups is 1. The fourth-order valence-electron chi connectivity index (χ4n) is 5.75. The second-order valence-electron chi connectivity index (χ2n) is 11.7. The van der Waals surface area contributed by atoms with Gasteiger partial charge in [0.25, 0.3) is 11.8 Å². The van der Waals surface area contributed by atoms with E-state index < -0.39 is 85.4 Å².